The van der Waals surface area contributed by atoms with E-state index in [4.69, 9.17) is 5.73 Å². The first-order chi connectivity index (χ1) is 11.8. The van der Waals surface area contributed by atoms with Crippen molar-refractivity contribution in [3.05, 3.63) is 28.3 Å². The third kappa shape index (κ3) is 4.47. The lowest BCUT2D eigenvalue weighted by molar-refractivity contribution is -0.384. The summed E-state index contributed by atoms with van der Waals surface area (Å²) in [6.07, 6.45) is 1.65. The first-order valence-electron chi connectivity index (χ1n) is 7.61. The first kappa shape index (κ1) is 18.3. The molecule has 0 heterocycles. The molecule has 0 spiro atoms. The number of aliphatic hydroxyl groups excluding tert-OH is 1. The minimum atomic E-state index is -0.985. The molecule has 1 saturated carbocycles. The highest BCUT2D eigenvalue weighted by molar-refractivity contribution is 5.92. The lowest BCUT2D eigenvalue weighted by Crippen LogP contribution is -2.59. The summed E-state index contributed by atoms with van der Waals surface area (Å²) in [7, 11) is 0. The van der Waals surface area contributed by atoms with Crippen molar-refractivity contribution < 1.29 is 24.7 Å². The number of nitro benzene ring substituents is 1. The Hall–Kier alpha value is -3.08. The molecule has 0 bridgehead atoms. The van der Waals surface area contributed by atoms with E-state index in [9.17, 15) is 29.9 Å². The number of hydrogen-bond donors (Lipinski definition) is 5. The average molecular weight is 353 g/mol. The fraction of sp³-hybridized carbons (Fsp3) is 0.429. The number of phenols is 1. The molecule has 25 heavy (non-hydrogen) atoms. The predicted molar refractivity (Wildman–Crippen MR) is 86.6 cm³/mol. The number of phenolic OH excluding ortho intramolecular Hbond substituents is 1. The maximum Gasteiger partial charge on any atom is 0.341 e. The summed E-state index contributed by atoms with van der Waals surface area (Å²) < 4.78 is 0. The molecular weight excluding hydrogens is 334 g/mol. The number of anilines is 1. The number of aromatic hydroxyl groups is 1. The highest BCUT2D eigenvalue weighted by Gasteiger charge is 2.33. The number of carbonyl (C=O) groups excluding carboxylic acids is 2. The van der Waals surface area contributed by atoms with Crippen molar-refractivity contribution in [1.82, 2.24) is 10.4 Å². The van der Waals surface area contributed by atoms with E-state index in [0.717, 1.165) is 36.0 Å². The summed E-state index contributed by atoms with van der Waals surface area (Å²) in [5.41, 5.74) is 6.81. The van der Waals surface area contributed by atoms with E-state index in [2.05, 4.69) is 10.7 Å². The molecule has 1 aromatic carbocycles. The Morgan fingerprint density at radius 3 is 2.56 bits per heavy atom. The van der Waals surface area contributed by atoms with Crippen LogP contribution in [-0.4, -0.2) is 44.4 Å². The van der Waals surface area contributed by atoms with E-state index in [-0.39, 0.29) is 11.4 Å². The Kier molecular flexibility index (Phi) is 5.60. The molecule has 1 fully saturated rings. The molecule has 4 amide bonds. The third-order valence-electron chi connectivity index (χ3n) is 3.91. The Morgan fingerprint density at radius 2 is 2.00 bits per heavy atom. The topological polar surface area (TPSA) is 171 Å². The van der Waals surface area contributed by atoms with Crippen LogP contribution in [0.3, 0.4) is 0 Å². The molecular formula is C14H19N5O6. The van der Waals surface area contributed by atoms with Gasteiger partial charge >= 0.3 is 12.1 Å². The number of nitrogens with zero attached hydrogens (tertiary/aromatic N) is 2. The smallest absolute Gasteiger partial charge is 0.341 e. The second-order valence-electron chi connectivity index (χ2n) is 5.65. The maximum absolute atomic E-state index is 12.5. The van der Waals surface area contributed by atoms with Gasteiger partial charge in [0.25, 0.3) is 5.69 Å². The lowest BCUT2D eigenvalue weighted by Gasteiger charge is -2.36. The quantitative estimate of drug-likeness (QED) is 0.308. The number of non-ortho nitro benzene ring substituents is 1. The van der Waals surface area contributed by atoms with Gasteiger partial charge < -0.3 is 21.3 Å². The van der Waals surface area contributed by atoms with Crippen LogP contribution in [0, 0.1) is 10.1 Å². The van der Waals surface area contributed by atoms with Crippen LogP contribution < -0.4 is 16.5 Å². The summed E-state index contributed by atoms with van der Waals surface area (Å²) in [5, 5.41) is 33.8. The molecule has 1 aliphatic carbocycles. The number of hydrogen-bond acceptors (Lipinski definition) is 6. The number of nitrogens with two attached hydrogens (primary N) is 1. The van der Waals surface area contributed by atoms with E-state index in [1.807, 2.05) is 0 Å². The Morgan fingerprint density at radius 1 is 1.32 bits per heavy atom. The maximum atomic E-state index is 12.5. The molecule has 0 radical (unpaired) electrons. The SMILES string of the molecule is NC(=O)NN(C(=O)Nc1ccc([N+](=O)[O-])cc1O)C1CCCCC1O. The van der Waals surface area contributed by atoms with Crippen molar-refractivity contribution in [3.8, 4) is 5.75 Å². The highest BCUT2D eigenvalue weighted by Crippen LogP contribution is 2.29. The summed E-state index contributed by atoms with van der Waals surface area (Å²) in [5.74, 6) is -0.509. The first-order valence-corrected chi connectivity index (χ1v) is 7.61. The summed E-state index contributed by atoms with van der Waals surface area (Å²) in [4.78, 5) is 33.6. The van der Waals surface area contributed by atoms with Gasteiger partial charge in [-0.05, 0) is 18.9 Å². The van der Waals surface area contributed by atoms with Gasteiger partial charge in [0, 0.05) is 6.07 Å². The Bertz CT molecular complexity index is 682. The van der Waals surface area contributed by atoms with Crippen LogP contribution in [0.25, 0.3) is 0 Å². The number of rotatable bonds is 3. The molecule has 1 aromatic rings. The van der Waals surface area contributed by atoms with Crippen molar-refractivity contribution in [2.75, 3.05) is 5.32 Å². The minimum Gasteiger partial charge on any atom is -0.506 e. The second-order valence-corrected chi connectivity index (χ2v) is 5.65. The number of amides is 4. The zero-order valence-corrected chi connectivity index (χ0v) is 13.2. The van der Waals surface area contributed by atoms with Crippen LogP contribution in [-0.2, 0) is 0 Å². The van der Waals surface area contributed by atoms with Crippen LogP contribution in [0.5, 0.6) is 5.75 Å². The van der Waals surface area contributed by atoms with Gasteiger partial charge in [0.1, 0.15) is 5.75 Å². The largest absolute Gasteiger partial charge is 0.506 e. The van der Waals surface area contributed by atoms with Crippen LogP contribution in [0.1, 0.15) is 25.7 Å². The van der Waals surface area contributed by atoms with Gasteiger partial charge in [-0.3, -0.25) is 10.1 Å². The number of aliphatic hydroxyl groups is 1. The summed E-state index contributed by atoms with van der Waals surface area (Å²) >= 11 is 0. The normalized spacial score (nSPS) is 19.7. The van der Waals surface area contributed by atoms with Crippen LogP contribution >= 0.6 is 0 Å². The molecule has 11 nitrogen and oxygen atoms in total. The molecule has 6 N–H and O–H groups in total. The number of benzene rings is 1. The number of nitro groups is 1. The molecule has 2 atom stereocenters. The van der Waals surface area contributed by atoms with Crippen LogP contribution in [0.15, 0.2) is 18.2 Å². The van der Waals surface area contributed by atoms with Crippen molar-refractivity contribution in [2.45, 2.75) is 37.8 Å². The molecule has 0 aliphatic heterocycles. The van der Waals surface area contributed by atoms with Crippen LogP contribution in [0.4, 0.5) is 21.0 Å². The van der Waals surface area contributed by atoms with E-state index in [0.29, 0.717) is 12.8 Å². The standard InChI is InChI=1S/C14H19N5O6/c15-13(22)17-18(10-3-1-2-4-11(10)20)14(23)16-9-6-5-8(19(24)25)7-12(9)21/h5-7,10-11,20-21H,1-4H2,(H,16,23)(H3,15,17,22). The van der Waals surface area contributed by atoms with Gasteiger partial charge in [-0.1, -0.05) is 12.8 Å². The zero-order chi connectivity index (χ0) is 18.6. The summed E-state index contributed by atoms with van der Waals surface area (Å²) in [6, 6.07) is 0.648. The van der Waals surface area contributed by atoms with Gasteiger partial charge in [0.15, 0.2) is 0 Å². The fourth-order valence-corrected chi connectivity index (χ4v) is 2.71. The Balaban J connectivity index is 2.19. The van der Waals surface area contributed by atoms with Crippen molar-refractivity contribution in [2.24, 2.45) is 5.73 Å². The number of hydrazine groups is 1. The van der Waals surface area contributed by atoms with E-state index in [1.165, 1.54) is 0 Å². The van der Waals surface area contributed by atoms with Gasteiger partial charge in [-0.25, -0.2) is 20.0 Å². The van der Waals surface area contributed by atoms with E-state index >= 15 is 0 Å². The molecule has 11 heteroatoms. The van der Waals surface area contributed by atoms with E-state index in [1.54, 1.807) is 0 Å². The zero-order valence-electron chi connectivity index (χ0n) is 13.2. The number of primary amides is 1. The average Bonchev–Trinajstić information content (AvgIpc) is 2.54. The van der Waals surface area contributed by atoms with Crippen molar-refractivity contribution in [1.29, 1.82) is 0 Å². The number of nitrogens with one attached hydrogen (secondary N) is 2. The minimum absolute atomic E-state index is 0.0860. The lowest BCUT2D eigenvalue weighted by atomic mass is 9.92. The van der Waals surface area contributed by atoms with E-state index < -0.39 is 34.9 Å². The fourth-order valence-electron chi connectivity index (χ4n) is 2.71. The predicted octanol–water partition coefficient (Wildman–Crippen LogP) is 1.02. The van der Waals surface area contributed by atoms with Crippen molar-refractivity contribution in [3.63, 3.8) is 0 Å². The molecule has 0 aromatic heterocycles. The monoisotopic (exact) mass is 353 g/mol. The number of carbonyl (C=O) groups is 2. The molecule has 136 valence electrons. The van der Waals surface area contributed by atoms with Gasteiger partial charge in [0.2, 0.25) is 0 Å². The molecule has 2 rings (SSSR count). The van der Waals surface area contributed by atoms with Crippen LogP contribution in [0.2, 0.25) is 0 Å². The van der Waals surface area contributed by atoms with Gasteiger partial charge in [-0.2, -0.15) is 0 Å². The molecule has 0 saturated heterocycles. The number of urea groups is 2. The van der Waals surface area contributed by atoms with Crippen molar-refractivity contribution >= 4 is 23.4 Å². The van der Waals surface area contributed by atoms with Gasteiger partial charge in [0.05, 0.1) is 28.8 Å². The Labute approximate surface area is 142 Å². The van der Waals surface area contributed by atoms with Gasteiger partial charge in [-0.15, -0.1) is 0 Å². The molecule has 2 unspecified atom stereocenters. The summed E-state index contributed by atoms with van der Waals surface area (Å²) in [6.45, 7) is 0. The third-order valence-corrected chi connectivity index (χ3v) is 3.91. The second kappa shape index (κ2) is 7.66. The highest BCUT2D eigenvalue weighted by atomic mass is 16.6. The molecule has 1 aliphatic rings.